The zero-order chi connectivity index (χ0) is 14.7. The Hall–Kier alpha value is -2.67. The summed E-state index contributed by atoms with van der Waals surface area (Å²) in [4.78, 5) is 0.892. The molecule has 0 bridgehead atoms. The van der Waals surface area contributed by atoms with Gasteiger partial charge in [0, 0.05) is 0 Å². The van der Waals surface area contributed by atoms with Crippen molar-refractivity contribution in [2.45, 2.75) is 0 Å². The SMILES string of the molecule is COc1ccsc1-c1[nH]nc(N)c1N=Nc1ccccc1. The van der Waals surface area contributed by atoms with Crippen LogP contribution in [-0.2, 0) is 0 Å². The highest BCUT2D eigenvalue weighted by Gasteiger charge is 2.17. The van der Waals surface area contributed by atoms with E-state index >= 15 is 0 Å². The van der Waals surface area contributed by atoms with Crippen LogP contribution in [-0.4, -0.2) is 17.3 Å². The van der Waals surface area contributed by atoms with Gasteiger partial charge in [0.1, 0.15) is 11.4 Å². The van der Waals surface area contributed by atoms with Gasteiger partial charge in [0.2, 0.25) is 0 Å². The molecule has 0 radical (unpaired) electrons. The summed E-state index contributed by atoms with van der Waals surface area (Å²) >= 11 is 1.52. The first-order valence-electron chi connectivity index (χ1n) is 6.22. The van der Waals surface area contributed by atoms with Crippen molar-refractivity contribution in [3.05, 3.63) is 41.8 Å². The van der Waals surface area contributed by atoms with Crippen LogP contribution in [0.25, 0.3) is 10.6 Å². The van der Waals surface area contributed by atoms with E-state index < -0.39 is 0 Å². The van der Waals surface area contributed by atoms with Crippen LogP contribution in [0.15, 0.2) is 52.0 Å². The second kappa shape index (κ2) is 5.76. The lowest BCUT2D eigenvalue weighted by molar-refractivity contribution is 0.418. The molecule has 2 heterocycles. The third kappa shape index (κ3) is 2.63. The van der Waals surface area contributed by atoms with E-state index in [1.54, 1.807) is 7.11 Å². The third-order valence-electron chi connectivity index (χ3n) is 2.87. The molecular formula is C14H13N5OS. The van der Waals surface area contributed by atoms with Crippen molar-refractivity contribution in [3.8, 4) is 16.3 Å². The van der Waals surface area contributed by atoms with Crippen molar-refractivity contribution in [1.82, 2.24) is 10.2 Å². The number of azo groups is 1. The van der Waals surface area contributed by atoms with Crippen molar-refractivity contribution in [3.63, 3.8) is 0 Å². The first-order valence-corrected chi connectivity index (χ1v) is 7.10. The number of H-pyrrole nitrogens is 1. The summed E-state index contributed by atoms with van der Waals surface area (Å²) in [5.41, 5.74) is 7.84. The molecule has 0 spiro atoms. The summed E-state index contributed by atoms with van der Waals surface area (Å²) in [5.74, 6) is 1.06. The molecular weight excluding hydrogens is 286 g/mol. The zero-order valence-electron chi connectivity index (χ0n) is 11.3. The maximum Gasteiger partial charge on any atom is 0.173 e. The van der Waals surface area contributed by atoms with E-state index in [0.717, 1.165) is 16.3 Å². The monoisotopic (exact) mass is 299 g/mol. The Balaban J connectivity index is 2.00. The van der Waals surface area contributed by atoms with Crippen LogP contribution < -0.4 is 10.5 Å². The predicted molar refractivity (Wildman–Crippen MR) is 83.5 cm³/mol. The lowest BCUT2D eigenvalue weighted by Crippen LogP contribution is -1.83. The van der Waals surface area contributed by atoms with E-state index in [0.29, 0.717) is 17.2 Å². The van der Waals surface area contributed by atoms with Crippen LogP contribution >= 0.6 is 11.3 Å². The third-order valence-corrected chi connectivity index (χ3v) is 3.78. The van der Waals surface area contributed by atoms with E-state index in [1.807, 2.05) is 41.8 Å². The van der Waals surface area contributed by atoms with Crippen LogP contribution in [0.3, 0.4) is 0 Å². The van der Waals surface area contributed by atoms with E-state index in [9.17, 15) is 0 Å². The molecule has 0 amide bonds. The fourth-order valence-electron chi connectivity index (χ4n) is 1.85. The Morgan fingerprint density at radius 2 is 2.00 bits per heavy atom. The van der Waals surface area contributed by atoms with E-state index in [-0.39, 0.29) is 0 Å². The second-order valence-corrected chi connectivity index (χ2v) is 5.10. The Labute approximate surface area is 125 Å². The number of thiophene rings is 1. The number of methoxy groups -OCH3 is 1. The van der Waals surface area contributed by atoms with Gasteiger partial charge in [0.25, 0.3) is 0 Å². The van der Waals surface area contributed by atoms with Gasteiger partial charge in [0.15, 0.2) is 11.5 Å². The molecule has 3 aromatic rings. The molecule has 6 nitrogen and oxygen atoms in total. The fraction of sp³-hybridized carbons (Fsp3) is 0.0714. The predicted octanol–water partition coefficient (Wildman–Crippen LogP) is 4.14. The highest BCUT2D eigenvalue weighted by Crippen LogP contribution is 2.41. The minimum Gasteiger partial charge on any atom is -0.495 e. The minimum atomic E-state index is 0.306. The highest BCUT2D eigenvalue weighted by molar-refractivity contribution is 7.14. The number of rotatable bonds is 4. The molecule has 0 aliphatic heterocycles. The maximum atomic E-state index is 5.87. The van der Waals surface area contributed by atoms with Crippen molar-refractivity contribution < 1.29 is 4.74 Å². The normalized spacial score (nSPS) is 11.1. The molecule has 2 aromatic heterocycles. The summed E-state index contributed by atoms with van der Waals surface area (Å²) < 4.78 is 5.32. The van der Waals surface area contributed by atoms with Gasteiger partial charge in [-0.3, -0.25) is 5.10 Å². The van der Waals surface area contributed by atoms with E-state index in [4.69, 9.17) is 10.5 Å². The standard InChI is InChI=1S/C14H13N5OS/c1-20-10-7-8-21-13(10)11-12(14(15)19-17-11)18-16-9-5-3-2-4-6-9/h2-8H,1H3,(H3,15,17,19). The topological polar surface area (TPSA) is 88.6 Å². The molecule has 0 unspecified atom stereocenters. The van der Waals surface area contributed by atoms with E-state index in [2.05, 4.69) is 20.4 Å². The number of aromatic amines is 1. The summed E-state index contributed by atoms with van der Waals surface area (Å²) in [7, 11) is 1.62. The van der Waals surface area contributed by atoms with Gasteiger partial charge in [-0.05, 0) is 23.6 Å². The first-order chi connectivity index (χ1) is 10.3. The summed E-state index contributed by atoms with van der Waals surface area (Å²) in [6.45, 7) is 0. The molecule has 21 heavy (non-hydrogen) atoms. The Morgan fingerprint density at radius 1 is 1.19 bits per heavy atom. The van der Waals surface area contributed by atoms with Gasteiger partial charge in [-0.2, -0.15) is 10.2 Å². The quantitative estimate of drug-likeness (QED) is 0.709. The minimum absolute atomic E-state index is 0.306. The molecule has 1 aromatic carbocycles. The lowest BCUT2D eigenvalue weighted by atomic mass is 10.3. The smallest absolute Gasteiger partial charge is 0.173 e. The van der Waals surface area contributed by atoms with Crippen molar-refractivity contribution in [1.29, 1.82) is 0 Å². The summed E-state index contributed by atoms with van der Waals surface area (Å²) in [6.07, 6.45) is 0. The number of nitrogens with one attached hydrogen (secondary N) is 1. The van der Waals surface area contributed by atoms with Crippen molar-refractivity contribution in [2.75, 3.05) is 12.8 Å². The average Bonchev–Trinajstić information content (AvgIpc) is 3.12. The average molecular weight is 299 g/mol. The van der Waals surface area contributed by atoms with Crippen LogP contribution in [0.2, 0.25) is 0 Å². The van der Waals surface area contributed by atoms with Crippen LogP contribution in [0.4, 0.5) is 17.2 Å². The molecule has 0 aliphatic carbocycles. The Bertz CT molecular complexity index is 763. The molecule has 0 saturated heterocycles. The van der Waals surface area contributed by atoms with E-state index in [1.165, 1.54) is 11.3 Å². The number of ether oxygens (including phenoxy) is 1. The molecule has 0 fully saturated rings. The number of nitrogens with two attached hydrogens (primary N) is 1. The summed E-state index contributed by atoms with van der Waals surface area (Å²) in [5, 5.41) is 17.2. The van der Waals surface area contributed by atoms with Gasteiger partial charge in [0.05, 0.1) is 17.7 Å². The maximum absolute atomic E-state index is 5.87. The number of nitrogens with zero attached hydrogens (tertiary/aromatic N) is 3. The lowest BCUT2D eigenvalue weighted by Gasteiger charge is -2.00. The first kappa shape index (κ1) is 13.3. The van der Waals surface area contributed by atoms with Crippen LogP contribution in [0.5, 0.6) is 5.75 Å². The van der Waals surface area contributed by atoms with Gasteiger partial charge >= 0.3 is 0 Å². The molecule has 0 atom stereocenters. The number of hydrogen-bond donors (Lipinski definition) is 2. The number of hydrogen-bond acceptors (Lipinski definition) is 6. The van der Waals surface area contributed by atoms with Gasteiger partial charge < -0.3 is 10.5 Å². The number of nitrogen functional groups attached to an aromatic ring is 1. The zero-order valence-corrected chi connectivity index (χ0v) is 12.1. The molecule has 3 rings (SSSR count). The van der Waals surface area contributed by atoms with Crippen molar-refractivity contribution in [2.24, 2.45) is 10.2 Å². The number of aromatic nitrogens is 2. The number of anilines is 1. The largest absolute Gasteiger partial charge is 0.495 e. The number of benzene rings is 1. The van der Waals surface area contributed by atoms with Crippen molar-refractivity contribution >= 4 is 28.5 Å². The fourth-order valence-corrected chi connectivity index (χ4v) is 2.71. The van der Waals surface area contributed by atoms with Gasteiger partial charge in [-0.1, -0.05) is 18.2 Å². The Morgan fingerprint density at radius 3 is 2.76 bits per heavy atom. The highest BCUT2D eigenvalue weighted by atomic mass is 32.1. The summed E-state index contributed by atoms with van der Waals surface area (Å²) in [6, 6.07) is 11.3. The Kier molecular flexibility index (Phi) is 3.65. The van der Waals surface area contributed by atoms with Gasteiger partial charge in [-0.25, -0.2) is 0 Å². The molecule has 3 N–H and O–H groups in total. The molecule has 106 valence electrons. The molecule has 7 heteroatoms. The molecule has 0 saturated carbocycles. The van der Waals surface area contributed by atoms with Crippen LogP contribution in [0.1, 0.15) is 0 Å². The second-order valence-electron chi connectivity index (χ2n) is 4.19. The van der Waals surface area contributed by atoms with Gasteiger partial charge in [-0.15, -0.1) is 16.5 Å². The van der Waals surface area contributed by atoms with Crippen LogP contribution in [0, 0.1) is 0 Å². The molecule has 0 aliphatic rings.